The maximum atomic E-state index is 12.5. The number of carbonyl (C=O) groups excluding carboxylic acids is 1. The summed E-state index contributed by atoms with van der Waals surface area (Å²) in [5.74, 6) is 2.33. The Morgan fingerprint density at radius 3 is 1.13 bits per heavy atom. The van der Waals surface area contributed by atoms with Crippen LogP contribution in [0.4, 0.5) is 4.79 Å². The van der Waals surface area contributed by atoms with Crippen LogP contribution in [0.15, 0.2) is 24.3 Å². The summed E-state index contributed by atoms with van der Waals surface area (Å²) in [4.78, 5) is 12.5. The van der Waals surface area contributed by atoms with E-state index < -0.39 is 6.16 Å². The first-order valence-electron chi connectivity index (χ1n) is 8.90. The standard InChI is InChI=1S/C21H22I4O5/c1-20(2,3)29-11-7-13(22)17(14(23)8-11)27-19(26)28-18-15(24)9-12(10-16(18)25)30-21(4,5)6/h7-10H,1-6H3. The molecule has 9 heteroatoms. The minimum absolute atomic E-state index is 0.316. The molecule has 2 rings (SSSR count). The van der Waals surface area contributed by atoms with Crippen molar-refractivity contribution in [2.45, 2.75) is 52.7 Å². The van der Waals surface area contributed by atoms with Crippen LogP contribution in [0.5, 0.6) is 23.0 Å². The molecule has 0 saturated carbocycles. The van der Waals surface area contributed by atoms with Gasteiger partial charge in [-0.1, -0.05) is 0 Å². The topological polar surface area (TPSA) is 54.0 Å². The third-order valence-electron chi connectivity index (χ3n) is 3.16. The number of carbonyl (C=O) groups is 1. The summed E-state index contributed by atoms with van der Waals surface area (Å²) in [6.07, 6.45) is -0.796. The predicted molar refractivity (Wildman–Crippen MR) is 151 cm³/mol. The van der Waals surface area contributed by atoms with E-state index in [1.165, 1.54) is 0 Å². The van der Waals surface area contributed by atoms with Gasteiger partial charge in [-0.05, 0) is 156 Å². The fraction of sp³-hybridized carbons (Fsp3) is 0.381. The molecule has 0 N–H and O–H groups in total. The zero-order valence-electron chi connectivity index (χ0n) is 17.4. The van der Waals surface area contributed by atoms with Crippen molar-refractivity contribution in [1.82, 2.24) is 0 Å². The van der Waals surface area contributed by atoms with Gasteiger partial charge in [0.25, 0.3) is 0 Å². The zero-order valence-corrected chi connectivity index (χ0v) is 26.0. The molecule has 0 bridgehead atoms. The van der Waals surface area contributed by atoms with Crippen molar-refractivity contribution in [3.05, 3.63) is 38.5 Å². The molecule has 0 saturated heterocycles. The van der Waals surface area contributed by atoms with E-state index in [4.69, 9.17) is 18.9 Å². The molecule has 0 amide bonds. The third kappa shape index (κ3) is 8.30. The first-order chi connectivity index (χ1) is 13.6. The van der Waals surface area contributed by atoms with Gasteiger partial charge < -0.3 is 18.9 Å². The summed E-state index contributed by atoms with van der Waals surface area (Å²) in [7, 11) is 0. The number of halogens is 4. The number of benzene rings is 2. The smallest absolute Gasteiger partial charge is 0.488 e. The Morgan fingerprint density at radius 2 is 0.900 bits per heavy atom. The fourth-order valence-corrected chi connectivity index (χ4v) is 6.14. The number of rotatable bonds is 4. The molecule has 164 valence electrons. The second kappa shape index (κ2) is 10.4. The van der Waals surface area contributed by atoms with Crippen molar-refractivity contribution in [3.63, 3.8) is 0 Å². The van der Waals surface area contributed by atoms with E-state index in [-0.39, 0.29) is 11.2 Å². The van der Waals surface area contributed by atoms with Gasteiger partial charge >= 0.3 is 6.16 Å². The average Bonchev–Trinajstić information content (AvgIpc) is 2.51. The zero-order chi connectivity index (χ0) is 22.9. The highest BCUT2D eigenvalue weighted by Gasteiger charge is 2.21. The number of hydrogen-bond donors (Lipinski definition) is 0. The van der Waals surface area contributed by atoms with Crippen LogP contribution >= 0.6 is 90.4 Å². The highest BCUT2D eigenvalue weighted by atomic mass is 127. The van der Waals surface area contributed by atoms with E-state index in [2.05, 4.69) is 90.4 Å². The van der Waals surface area contributed by atoms with E-state index in [1.54, 1.807) is 0 Å². The van der Waals surface area contributed by atoms with Crippen molar-refractivity contribution in [3.8, 4) is 23.0 Å². The van der Waals surface area contributed by atoms with Gasteiger partial charge in [0, 0.05) is 0 Å². The molecule has 0 spiro atoms. The molecule has 0 aliphatic heterocycles. The molecule has 30 heavy (non-hydrogen) atoms. The molecule has 2 aromatic rings. The van der Waals surface area contributed by atoms with E-state index in [0.717, 1.165) is 25.8 Å². The quantitative estimate of drug-likeness (QED) is 0.177. The molecule has 5 nitrogen and oxygen atoms in total. The van der Waals surface area contributed by atoms with Gasteiger partial charge in [0.1, 0.15) is 22.7 Å². The van der Waals surface area contributed by atoms with E-state index >= 15 is 0 Å². The molecule has 0 unspecified atom stereocenters. The lowest BCUT2D eigenvalue weighted by Gasteiger charge is -2.22. The van der Waals surface area contributed by atoms with Gasteiger partial charge in [-0.25, -0.2) is 4.79 Å². The summed E-state index contributed by atoms with van der Waals surface area (Å²) in [5.41, 5.74) is -0.632. The van der Waals surface area contributed by atoms with Crippen LogP contribution in [-0.4, -0.2) is 17.4 Å². The molecular weight excluding hydrogens is 840 g/mol. The lowest BCUT2D eigenvalue weighted by atomic mass is 10.2. The van der Waals surface area contributed by atoms with Gasteiger partial charge in [0.2, 0.25) is 0 Å². The fourth-order valence-electron chi connectivity index (χ4n) is 2.28. The largest absolute Gasteiger partial charge is 0.519 e. The van der Waals surface area contributed by atoms with Crippen LogP contribution in [0, 0.1) is 14.3 Å². The predicted octanol–water partition coefficient (Wildman–Crippen LogP) is 8.04. The Bertz CT molecular complexity index is 824. The number of hydrogen-bond acceptors (Lipinski definition) is 5. The molecule has 0 heterocycles. The molecule has 2 aromatic carbocycles. The number of ether oxygens (including phenoxy) is 4. The molecular formula is C21H22I4O5. The SMILES string of the molecule is CC(C)(C)Oc1cc(I)c(OC(=O)Oc2c(I)cc(OC(C)(C)C)cc2I)c(I)c1. The lowest BCUT2D eigenvalue weighted by molar-refractivity contribution is 0.129. The molecule has 0 aliphatic carbocycles. The summed E-state index contributed by atoms with van der Waals surface area (Å²) >= 11 is 8.48. The van der Waals surface area contributed by atoms with Crippen molar-refractivity contribution >= 4 is 96.5 Å². The monoisotopic (exact) mass is 862 g/mol. The minimum Gasteiger partial charge on any atom is -0.488 e. The first kappa shape index (κ1) is 26.5. The molecule has 0 atom stereocenters. The highest BCUT2D eigenvalue weighted by molar-refractivity contribution is 14.1. The van der Waals surface area contributed by atoms with Crippen LogP contribution in [0.3, 0.4) is 0 Å². The van der Waals surface area contributed by atoms with Crippen LogP contribution in [-0.2, 0) is 0 Å². The van der Waals surface area contributed by atoms with Gasteiger partial charge in [-0.3, -0.25) is 0 Å². The molecule has 0 fully saturated rings. The summed E-state index contributed by atoms with van der Waals surface area (Å²) in [5, 5.41) is 0. The van der Waals surface area contributed by atoms with Crippen LogP contribution in [0.2, 0.25) is 0 Å². The van der Waals surface area contributed by atoms with E-state index in [0.29, 0.717) is 11.5 Å². The van der Waals surface area contributed by atoms with Crippen LogP contribution < -0.4 is 18.9 Å². The molecule has 0 aromatic heterocycles. The van der Waals surface area contributed by atoms with Crippen molar-refractivity contribution in [1.29, 1.82) is 0 Å². The Hall–Kier alpha value is 0.230. The Labute approximate surface area is 231 Å². The van der Waals surface area contributed by atoms with Gasteiger partial charge in [0.05, 0.1) is 14.3 Å². The molecule has 0 radical (unpaired) electrons. The lowest BCUT2D eigenvalue weighted by Crippen LogP contribution is -2.23. The van der Waals surface area contributed by atoms with E-state index in [1.807, 2.05) is 65.8 Å². The van der Waals surface area contributed by atoms with Gasteiger partial charge in [-0.15, -0.1) is 0 Å². The average molecular weight is 862 g/mol. The van der Waals surface area contributed by atoms with Crippen molar-refractivity contribution in [2.75, 3.05) is 0 Å². The van der Waals surface area contributed by atoms with Crippen molar-refractivity contribution in [2.24, 2.45) is 0 Å². The Kier molecular flexibility index (Phi) is 9.22. The van der Waals surface area contributed by atoms with Crippen molar-refractivity contribution < 1.29 is 23.7 Å². The van der Waals surface area contributed by atoms with Crippen LogP contribution in [0.25, 0.3) is 0 Å². The highest BCUT2D eigenvalue weighted by Crippen LogP contribution is 2.36. The maximum Gasteiger partial charge on any atom is 0.519 e. The van der Waals surface area contributed by atoms with Crippen LogP contribution in [0.1, 0.15) is 41.5 Å². The second-order valence-electron chi connectivity index (χ2n) is 8.32. The van der Waals surface area contributed by atoms with E-state index in [9.17, 15) is 4.79 Å². The third-order valence-corrected chi connectivity index (χ3v) is 6.37. The van der Waals surface area contributed by atoms with Gasteiger partial charge in [-0.2, -0.15) is 0 Å². The first-order valence-corrected chi connectivity index (χ1v) is 13.2. The minimum atomic E-state index is -0.796. The second-order valence-corrected chi connectivity index (χ2v) is 13.0. The Morgan fingerprint density at radius 1 is 0.633 bits per heavy atom. The summed E-state index contributed by atoms with van der Waals surface area (Å²) < 4.78 is 25.9. The Balaban J connectivity index is 2.18. The normalized spacial score (nSPS) is 11.8. The summed E-state index contributed by atoms with van der Waals surface area (Å²) in [6, 6.07) is 7.34. The molecule has 0 aliphatic rings. The maximum absolute atomic E-state index is 12.5. The van der Waals surface area contributed by atoms with Gasteiger partial charge in [0.15, 0.2) is 11.5 Å². The summed E-state index contributed by atoms with van der Waals surface area (Å²) in [6.45, 7) is 11.9.